The maximum absolute atomic E-state index is 12.1. The molecule has 2 N–H and O–H groups in total. The van der Waals surface area contributed by atoms with Crippen LogP contribution in [0.1, 0.15) is 42.6 Å². The fourth-order valence-electron chi connectivity index (χ4n) is 1.85. The number of esters is 2. The molecule has 0 saturated heterocycles. The summed E-state index contributed by atoms with van der Waals surface area (Å²) >= 11 is 0. The van der Waals surface area contributed by atoms with Gasteiger partial charge in [0.2, 0.25) is 0 Å². The number of anilines is 1. The summed E-state index contributed by atoms with van der Waals surface area (Å²) in [7, 11) is 0. The van der Waals surface area contributed by atoms with E-state index in [1.165, 1.54) is 6.07 Å². The zero-order chi connectivity index (χ0) is 15.1. The lowest BCUT2D eigenvalue weighted by atomic mass is 10.1. The smallest absolute Gasteiger partial charge is 0.347 e. The van der Waals surface area contributed by atoms with Crippen LogP contribution in [0.15, 0.2) is 18.2 Å². The van der Waals surface area contributed by atoms with Gasteiger partial charge in [0, 0.05) is 5.69 Å². The lowest BCUT2D eigenvalue weighted by Gasteiger charge is -2.16. The fourth-order valence-corrected chi connectivity index (χ4v) is 1.85. The molecule has 1 atom stereocenters. The van der Waals surface area contributed by atoms with Crippen molar-refractivity contribution in [1.29, 1.82) is 0 Å². The first-order valence-corrected chi connectivity index (χ1v) is 6.72. The van der Waals surface area contributed by atoms with Crippen LogP contribution in [-0.4, -0.2) is 24.6 Å². The van der Waals surface area contributed by atoms with E-state index in [1.54, 1.807) is 19.1 Å². The summed E-state index contributed by atoms with van der Waals surface area (Å²) in [5.74, 6) is -1.07. The van der Waals surface area contributed by atoms with Gasteiger partial charge in [-0.1, -0.05) is 13.3 Å². The van der Waals surface area contributed by atoms with Crippen molar-refractivity contribution in [2.75, 3.05) is 12.3 Å². The minimum absolute atomic E-state index is 0.258. The molecule has 5 nitrogen and oxygen atoms in total. The third-order valence-electron chi connectivity index (χ3n) is 2.69. The maximum Gasteiger partial charge on any atom is 0.347 e. The number of hydrogen-bond acceptors (Lipinski definition) is 5. The first-order valence-electron chi connectivity index (χ1n) is 6.72. The number of aryl methyl sites for hydroxylation is 1. The van der Waals surface area contributed by atoms with E-state index < -0.39 is 18.0 Å². The average Bonchev–Trinajstić information content (AvgIpc) is 2.37. The zero-order valence-electron chi connectivity index (χ0n) is 12.1. The fraction of sp³-hybridized carbons (Fsp3) is 0.467. The minimum atomic E-state index is -0.866. The summed E-state index contributed by atoms with van der Waals surface area (Å²) < 4.78 is 10.1. The molecular formula is C15H21NO4. The Morgan fingerprint density at radius 2 is 1.95 bits per heavy atom. The Hall–Kier alpha value is -2.04. The highest BCUT2D eigenvalue weighted by Crippen LogP contribution is 2.15. The van der Waals surface area contributed by atoms with Gasteiger partial charge >= 0.3 is 11.9 Å². The Morgan fingerprint density at radius 1 is 1.25 bits per heavy atom. The zero-order valence-corrected chi connectivity index (χ0v) is 12.1. The number of benzene rings is 1. The quantitative estimate of drug-likeness (QED) is 0.639. The lowest BCUT2D eigenvalue weighted by Crippen LogP contribution is -2.29. The molecule has 0 fully saturated rings. The number of carbonyl (C=O) groups excluding carboxylic acids is 2. The molecule has 1 rings (SSSR count). The first kappa shape index (κ1) is 16.0. The van der Waals surface area contributed by atoms with Crippen LogP contribution >= 0.6 is 0 Å². The van der Waals surface area contributed by atoms with Gasteiger partial charge < -0.3 is 15.2 Å². The Balaban J connectivity index is 2.82. The van der Waals surface area contributed by atoms with Gasteiger partial charge in [-0.3, -0.25) is 0 Å². The lowest BCUT2D eigenvalue weighted by molar-refractivity contribution is -0.153. The van der Waals surface area contributed by atoms with Gasteiger partial charge in [0.15, 0.2) is 6.10 Å². The predicted molar refractivity (Wildman–Crippen MR) is 76.3 cm³/mol. The van der Waals surface area contributed by atoms with Crippen molar-refractivity contribution in [3.8, 4) is 0 Å². The number of carbonyl (C=O) groups is 2. The van der Waals surface area contributed by atoms with E-state index >= 15 is 0 Å². The van der Waals surface area contributed by atoms with E-state index in [2.05, 4.69) is 0 Å². The van der Waals surface area contributed by atoms with Crippen molar-refractivity contribution in [1.82, 2.24) is 0 Å². The molecule has 0 bridgehead atoms. The molecular weight excluding hydrogens is 258 g/mol. The van der Waals surface area contributed by atoms with Crippen LogP contribution in [0.5, 0.6) is 0 Å². The van der Waals surface area contributed by atoms with Crippen LogP contribution in [0.3, 0.4) is 0 Å². The molecule has 0 heterocycles. The van der Waals surface area contributed by atoms with Gasteiger partial charge in [-0.05, 0) is 44.0 Å². The molecule has 0 radical (unpaired) electrons. The average molecular weight is 279 g/mol. The van der Waals surface area contributed by atoms with Crippen LogP contribution < -0.4 is 5.73 Å². The summed E-state index contributed by atoms with van der Waals surface area (Å²) in [6, 6.07) is 4.96. The number of hydrogen-bond donors (Lipinski definition) is 1. The molecule has 0 saturated carbocycles. The topological polar surface area (TPSA) is 78.6 Å². The van der Waals surface area contributed by atoms with E-state index in [1.807, 2.05) is 13.8 Å². The molecule has 0 amide bonds. The van der Waals surface area contributed by atoms with Crippen molar-refractivity contribution >= 4 is 17.6 Å². The van der Waals surface area contributed by atoms with E-state index in [0.29, 0.717) is 24.1 Å². The van der Waals surface area contributed by atoms with Gasteiger partial charge in [0.05, 0.1) is 12.2 Å². The molecule has 0 aliphatic heterocycles. The second-order valence-electron chi connectivity index (χ2n) is 4.57. The molecule has 1 aromatic carbocycles. The molecule has 0 spiro atoms. The van der Waals surface area contributed by atoms with Crippen molar-refractivity contribution in [2.24, 2.45) is 0 Å². The number of rotatable bonds is 6. The van der Waals surface area contributed by atoms with Crippen molar-refractivity contribution in [2.45, 2.75) is 39.7 Å². The monoisotopic (exact) mass is 279 g/mol. The highest BCUT2D eigenvalue weighted by Gasteiger charge is 2.24. The predicted octanol–water partition coefficient (Wildman–Crippen LogP) is 2.47. The highest BCUT2D eigenvalue weighted by molar-refractivity contribution is 5.92. The van der Waals surface area contributed by atoms with Crippen LogP contribution in [-0.2, 0) is 14.3 Å². The van der Waals surface area contributed by atoms with Crippen molar-refractivity contribution in [3.05, 3.63) is 29.3 Å². The van der Waals surface area contributed by atoms with Gasteiger partial charge in [-0.15, -0.1) is 0 Å². The molecule has 20 heavy (non-hydrogen) atoms. The Labute approximate surface area is 119 Å². The summed E-state index contributed by atoms with van der Waals surface area (Å²) in [4.78, 5) is 23.8. The molecule has 1 aromatic rings. The largest absolute Gasteiger partial charge is 0.463 e. The first-order chi connectivity index (χ1) is 9.47. The second kappa shape index (κ2) is 7.53. The van der Waals surface area contributed by atoms with Gasteiger partial charge in [0.25, 0.3) is 0 Å². The van der Waals surface area contributed by atoms with Crippen molar-refractivity contribution in [3.63, 3.8) is 0 Å². The summed E-state index contributed by atoms with van der Waals surface area (Å²) in [5.41, 5.74) is 7.38. The normalized spacial score (nSPS) is 11.8. The van der Waals surface area contributed by atoms with Gasteiger partial charge in [-0.2, -0.15) is 0 Å². The maximum atomic E-state index is 12.1. The van der Waals surface area contributed by atoms with E-state index in [0.717, 1.165) is 5.56 Å². The molecule has 5 heteroatoms. The number of ether oxygens (including phenoxy) is 2. The van der Waals surface area contributed by atoms with Gasteiger partial charge in [-0.25, -0.2) is 9.59 Å². The van der Waals surface area contributed by atoms with Gasteiger partial charge in [0.1, 0.15) is 0 Å². The van der Waals surface area contributed by atoms with E-state index in [-0.39, 0.29) is 6.61 Å². The van der Waals surface area contributed by atoms with E-state index in [9.17, 15) is 9.59 Å². The molecule has 0 aliphatic rings. The van der Waals surface area contributed by atoms with Crippen LogP contribution in [0.4, 0.5) is 5.69 Å². The molecule has 1 unspecified atom stereocenters. The van der Waals surface area contributed by atoms with Crippen LogP contribution in [0.2, 0.25) is 0 Å². The Kier molecular flexibility index (Phi) is 6.03. The molecule has 0 aromatic heterocycles. The third-order valence-corrected chi connectivity index (χ3v) is 2.69. The Morgan fingerprint density at radius 3 is 2.50 bits per heavy atom. The summed E-state index contributed by atoms with van der Waals surface area (Å²) in [5, 5.41) is 0. The SMILES string of the molecule is CCCC(OC(=O)c1cc(C)cc(N)c1)C(=O)OCC. The third kappa shape index (κ3) is 4.57. The Bertz CT molecular complexity index is 465. The van der Waals surface area contributed by atoms with Crippen LogP contribution in [0, 0.1) is 6.92 Å². The van der Waals surface area contributed by atoms with E-state index in [4.69, 9.17) is 15.2 Å². The molecule has 110 valence electrons. The highest BCUT2D eigenvalue weighted by atomic mass is 16.6. The minimum Gasteiger partial charge on any atom is -0.463 e. The standard InChI is InChI=1S/C15H21NO4/c1-4-6-13(15(18)19-5-2)20-14(17)11-7-10(3)8-12(16)9-11/h7-9,13H,4-6,16H2,1-3H3. The number of nitrogens with two attached hydrogens (primary N) is 1. The summed E-state index contributed by atoms with van der Waals surface area (Å²) in [6.45, 7) is 5.71. The summed E-state index contributed by atoms with van der Waals surface area (Å²) in [6.07, 6.45) is 0.285. The van der Waals surface area contributed by atoms with Crippen LogP contribution in [0.25, 0.3) is 0 Å². The number of nitrogen functional groups attached to an aromatic ring is 1. The molecule has 0 aliphatic carbocycles. The van der Waals surface area contributed by atoms with Crippen molar-refractivity contribution < 1.29 is 19.1 Å². The second-order valence-corrected chi connectivity index (χ2v) is 4.57.